The second kappa shape index (κ2) is 6.57. The molecule has 0 aliphatic rings. The van der Waals surface area contributed by atoms with Crippen molar-refractivity contribution < 1.29 is 4.79 Å². The van der Waals surface area contributed by atoms with Gasteiger partial charge in [-0.3, -0.25) is 4.79 Å². The van der Waals surface area contributed by atoms with Gasteiger partial charge in [-0.05, 0) is 25.5 Å². The van der Waals surface area contributed by atoms with Crippen LogP contribution in [0.1, 0.15) is 31.9 Å². The number of hydrogen-bond donors (Lipinski definition) is 2. The molecule has 0 radical (unpaired) electrons. The van der Waals surface area contributed by atoms with Crippen LogP contribution in [0.4, 0.5) is 5.69 Å². The first-order valence-corrected chi connectivity index (χ1v) is 6.12. The van der Waals surface area contributed by atoms with Crippen molar-refractivity contribution in [2.75, 3.05) is 5.32 Å². The highest BCUT2D eigenvalue weighted by atomic mass is 35.5. The lowest BCUT2D eigenvalue weighted by Gasteiger charge is -2.13. The highest BCUT2D eigenvalue weighted by Crippen LogP contribution is 2.16. The fraction of sp³-hybridized carbons (Fsp3) is 0.500. The van der Waals surface area contributed by atoms with E-state index in [-0.39, 0.29) is 5.91 Å². The summed E-state index contributed by atoms with van der Waals surface area (Å²) in [7, 11) is 0. The normalized spacial score (nSPS) is 12.2. The molecule has 1 atom stereocenters. The van der Waals surface area contributed by atoms with Gasteiger partial charge in [0.25, 0.3) is 0 Å². The van der Waals surface area contributed by atoms with Gasteiger partial charge in [0.1, 0.15) is 5.15 Å². The van der Waals surface area contributed by atoms with Gasteiger partial charge in [0.05, 0.1) is 17.4 Å². The van der Waals surface area contributed by atoms with Gasteiger partial charge >= 0.3 is 0 Å². The van der Waals surface area contributed by atoms with Gasteiger partial charge < -0.3 is 11.1 Å². The lowest BCUT2D eigenvalue weighted by molar-refractivity contribution is -0.117. The number of pyridine rings is 1. The number of nitrogens with zero attached hydrogens (tertiary/aromatic N) is 1. The molecule has 1 amide bonds. The number of unbranched alkanes of at least 4 members (excludes halogenated alkanes) is 1. The number of hydrogen-bond acceptors (Lipinski definition) is 3. The maximum atomic E-state index is 11.8. The number of halogens is 1. The average molecular weight is 256 g/mol. The largest absolute Gasteiger partial charge is 0.323 e. The zero-order valence-electron chi connectivity index (χ0n) is 10.2. The van der Waals surface area contributed by atoms with Crippen molar-refractivity contribution >= 4 is 23.2 Å². The minimum Gasteiger partial charge on any atom is -0.323 e. The Morgan fingerprint density at radius 2 is 2.29 bits per heavy atom. The third-order valence-electron chi connectivity index (χ3n) is 2.52. The summed E-state index contributed by atoms with van der Waals surface area (Å²) in [5, 5.41) is 3.17. The summed E-state index contributed by atoms with van der Waals surface area (Å²) in [6.07, 6.45) is 2.68. The van der Waals surface area contributed by atoms with Crippen LogP contribution in [-0.2, 0) is 4.79 Å². The Balaban J connectivity index is 2.61. The van der Waals surface area contributed by atoms with Crippen molar-refractivity contribution in [2.45, 2.75) is 39.2 Å². The van der Waals surface area contributed by atoms with Crippen molar-refractivity contribution in [2.24, 2.45) is 5.73 Å². The van der Waals surface area contributed by atoms with Gasteiger partial charge in [-0.1, -0.05) is 31.4 Å². The molecule has 0 aromatic carbocycles. The smallest absolute Gasteiger partial charge is 0.241 e. The first-order chi connectivity index (χ1) is 8.04. The van der Waals surface area contributed by atoms with E-state index in [4.69, 9.17) is 17.3 Å². The molecule has 0 fully saturated rings. The van der Waals surface area contributed by atoms with E-state index in [2.05, 4.69) is 17.2 Å². The first-order valence-electron chi connectivity index (χ1n) is 5.74. The molecule has 0 saturated heterocycles. The lowest BCUT2D eigenvalue weighted by atomic mass is 10.1. The number of anilines is 1. The van der Waals surface area contributed by atoms with E-state index < -0.39 is 6.04 Å². The van der Waals surface area contributed by atoms with E-state index in [1.54, 1.807) is 19.1 Å². The Morgan fingerprint density at radius 1 is 1.59 bits per heavy atom. The monoisotopic (exact) mass is 255 g/mol. The lowest BCUT2D eigenvalue weighted by Crippen LogP contribution is -2.35. The Labute approximate surface area is 107 Å². The highest BCUT2D eigenvalue weighted by Gasteiger charge is 2.14. The van der Waals surface area contributed by atoms with Crippen LogP contribution in [0.25, 0.3) is 0 Å². The molecular formula is C12H18ClN3O. The summed E-state index contributed by atoms with van der Waals surface area (Å²) in [6, 6.07) is 2.90. The van der Waals surface area contributed by atoms with Crippen LogP contribution >= 0.6 is 11.6 Å². The minimum atomic E-state index is -0.468. The molecule has 1 unspecified atom stereocenters. The maximum Gasteiger partial charge on any atom is 0.241 e. The zero-order valence-corrected chi connectivity index (χ0v) is 10.9. The Bertz CT molecular complexity index is 395. The van der Waals surface area contributed by atoms with Crippen LogP contribution in [0, 0.1) is 6.92 Å². The summed E-state index contributed by atoms with van der Waals surface area (Å²) in [5.41, 5.74) is 7.12. The van der Waals surface area contributed by atoms with E-state index in [0.29, 0.717) is 23.0 Å². The summed E-state index contributed by atoms with van der Waals surface area (Å²) in [4.78, 5) is 15.8. The fourth-order valence-electron chi connectivity index (χ4n) is 1.44. The zero-order chi connectivity index (χ0) is 12.8. The van der Waals surface area contributed by atoms with E-state index >= 15 is 0 Å². The molecule has 3 N–H and O–H groups in total. The molecule has 1 rings (SSSR count). The molecule has 1 aromatic rings. The maximum absolute atomic E-state index is 11.8. The standard InChI is InChI=1S/C12H18ClN3O/c1-3-4-5-9(14)12(17)16-10-6-7-11(13)15-8(10)2/h6-7,9H,3-5,14H2,1-2H3,(H,16,17). The molecule has 94 valence electrons. The third-order valence-corrected chi connectivity index (χ3v) is 2.73. The Hall–Kier alpha value is -1.13. The molecular weight excluding hydrogens is 238 g/mol. The molecule has 17 heavy (non-hydrogen) atoms. The minimum absolute atomic E-state index is 0.175. The first kappa shape index (κ1) is 13.9. The number of nitrogens with one attached hydrogen (secondary N) is 1. The van der Waals surface area contributed by atoms with Crippen molar-refractivity contribution in [3.05, 3.63) is 23.0 Å². The number of nitrogens with two attached hydrogens (primary N) is 1. The van der Waals surface area contributed by atoms with Gasteiger partial charge in [0, 0.05) is 0 Å². The molecule has 0 spiro atoms. The van der Waals surface area contributed by atoms with Gasteiger partial charge in [0.2, 0.25) is 5.91 Å². The van der Waals surface area contributed by atoms with Gasteiger partial charge in [0.15, 0.2) is 0 Å². The van der Waals surface area contributed by atoms with E-state index in [1.807, 2.05) is 0 Å². The number of rotatable bonds is 5. The van der Waals surface area contributed by atoms with Gasteiger partial charge in [-0.15, -0.1) is 0 Å². The summed E-state index contributed by atoms with van der Waals surface area (Å²) >= 11 is 5.74. The van der Waals surface area contributed by atoms with Crippen LogP contribution in [-0.4, -0.2) is 16.9 Å². The topological polar surface area (TPSA) is 68.0 Å². The second-order valence-electron chi connectivity index (χ2n) is 4.00. The highest BCUT2D eigenvalue weighted by molar-refractivity contribution is 6.29. The van der Waals surface area contributed by atoms with Crippen molar-refractivity contribution in [1.82, 2.24) is 4.98 Å². The molecule has 0 saturated carbocycles. The van der Waals surface area contributed by atoms with Crippen molar-refractivity contribution in [1.29, 1.82) is 0 Å². The summed E-state index contributed by atoms with van der Waals surface area (Å²) in [5.74, 6) is -0.175. The van der Waals surface area contributed by atoms with Gasteiger partial charge in [-0.25, -0.2) is 4.98 Å². The Kier molecular flexibility index (Phi) is 5.38. The van der Waals surface area contributed by atoms with Crippen LogP contribution in [0.15, 0.2) is 12.1 Å². The average Bonchev–Trinajstić information content (AvgIpc) is 2.29. The molecule has 0 bridgehead atoms. The summed E-state index contributed by atoms with van der Waals surface area (Å²) < 4.78 is 0. The third kappa shape index (κ3) is 4.32. The molecule has 0 aliphatic heterocycles. The number of aromatic nitrogens is 1. The van der Waals surface area contributed by atoms with Crippen molar-refractivity contribution in [3.8, 4) is 0 Å². The number of amides is 1. The van der Waals surface area contributed by atoms with Crippen LogP contribution in [0.2, 0.25) is 5.15 Å². The van der Waals surface area contributed by atoms with Gasteiger partial charge in [-0.2, -0.15) is 0 Å². The second-order valence-corrected chi connectivity index (χ2v) is 4.39. The fourth-order valence-corrected chi connectivity index (χ4v) is 1.63. The number of carbonyl (C=O) groups excluding carboxylic acids is 1. The number of aryl methyl sites for hydroxylation is 1. The molecule has 1 heterocycles. The molecule has 5 heteroatoms. The SMILES string of the molecule is CCCCC(N)C(=O)Nc1ccc(Cl)nc1C. The van der Waals surface area contributed by atoms with Crippen LogP contribution in [0.3, 0.4) is 0 Å². The predicted molar refractivity (Wildman–Crippen MR) is 70.1 cm³/mol. The van der Waals surface area contributed by atoms with Crippen molar-refractivity contribution in [3.63, 3.8) is 0 Å². The van der Waals surface area contributed by atoms with Crippen LogP contribution < -0.4 is 11.1 Å². The molecule has 1 aromatic heterocycles. The molecule has 0 aliphatic carbocycles. The molecule has 4 nitrogen and oxygen atoms in total. The quantitative estimate of drug-likeness (QED) is 0.795. The van der Waals surface area contributed by atoms with E-state index in [9.17, 15) is 4.79 Å². The summed E-state index contributed by atoms with van der Waals surface area (Å²) in [6.45, 7) is 3.86. The predicted octanol–water partition coefficient (Wildman–Crippen LogP) is 2.50. The van der Waals surface area contributed by atoms with E-state index in [1.165, 1.54) is 0 Å². The van der Waals surface area contributed by atoms with Crippen LogP contribution in [0.5, 0.6) is 0 Å². The number of carbonyl (C=O) groups is 1. The Morgan fingerprint density at radius 3 is 2.88 bits per heavy atom. The van der Waals surface area contributed by atoms with E-state index in [0.717, 1.165) is 12.8 Å².